The van der Waals surface area contributed by atoms with Crippen molar-refractivity contribution in [2.24, 2.45) is 10.9 Å². The summed E-state index contributed by atoms with van der Waals surface area (Å²) in [5.41, 5.74) is 6.20. The molecule has 0 radical (unpaired) electrons. The summed E-state index contributed by atoms with van der Waals surface area (Å²) in [7, 11) is 0. The van der Waals surface area contributed by atoms with E-state index in [9.17, 15) is 4.79 Å². The van der Waals surface area contributed by atoms with Gasteiger partial charge < -0.3 is 5.32 Å². The highest BCUT2D eigenvalue weighted by Crippen LogP contribution is 2.28. The molecule has 0 bridgehead atoms. The number of allylic oxidation sites excluding steroid dienone is 6. The van der Waals surface area contributed by atoms with E-state index in [0.29, 0.717) is 5.92 Å². The van der Waals surface area contributed by atoms with Gasteiger partial charge in [-0.2, -0.15) is 5.10 Å². The molecule has 3 aliphatic rings. The van der Waals surface area contributed by atoms with Crippen LogP contribution in [0.3, 0.4) is 0 Å². The molecule has 0 aliphatic carbocycles. The van der Waals surface area contributed by atoms with E-state index in [1.54, 1.807) is 17.2 Å². The summed E-state index contributed by atoms with van der Waals surface area (Å²) in [6.07, 6.45) is 16.0. The molecule has 158 valence electrons. The highest BCUT2D eigenvalue weighted by atomic mass is 16.2. The van der Waals surface area contributed by atoms with Gasteiger partial charge in [0, 0.05) is 23.8 Å². The fourth-order valence-electron chi connectivity index (χ4n) is 4.33. The Morgan fingerprint density at radius 3 is 2.90 bits per heavy atom. The van der Waals surface area contributed by atoms with Crippen LogP contribution in [0.1, 0.15) is 36.8 Å². The second-order valence-electron chi connectivity index (χ2n) is 8.14. The van der Waals surface area contributed by atoms with Crippen LogP contribution >= 0.6 is 0 Å². The number of rotatable bonds is 3. The van der Waals surface area contributed by atoms with Gasteiger partial charge in [-0.25, -0.2) is 4.52 Å². The van der Waals surface area contributed by atoms with E-state index in [2.05, 4.69) is 22.2 Å². The van der Waals surface area contributed by atoms with Crippen LogP contribution in [0, 0.1) is 12.8 Å². The average molecular weight is 415 g/mol. The summed E-state index contributed by atoms with van der Waals surface area (Å²) in [6.45, 7) is 6.03. The lowest BCUT2D eigenvalue weighted by Crippen LogP contribution is -2.32. The first-order valence-corrected chi connectivity index (χ1v) is 10.9. The van der Waals surface area contributed by atoms with Gasteiger partial charge in [0.2, 0.25) is 0 Å². The van der Waals surface area contributed by atoms with Gasteiger partial charge in [-0.3, -0.25) is 19.7 Å². The Kier molecular flexibility index (Phi) is 5.11. The molecule has 5 rings (SSSR count). The normalized spacial score (nSPS) is 21.3. The number of carbonyl (C=O) groups excluding carboxylic acids is 1. The van der Waals surface area contributed by atoms with E-state index in [1.165, 1.54) is 0 Å². The molecule has 7 nitrogen and oxygen atoms in total. The molecule has 1 fully saturated rings. The molecule has 0 spiro atoms. The van der Waals surface area contributed by atoms with Crippen molar-refractivity contribution in [3.05, 3.63) is 71.2 Å². The van der Waals surface area contributed by atoms with E-state index < -0.39 is 0 Å². The maximum Gasteiger partial charge on any atom is 0.255 e. The summed E-state index contributed by atoms with van der Waals surface area (Å²) in [5.74, 6) is 0.295. The van der Waals surface area contributed by atoms with E-state index in [1.807, 2.05) is 48.1 Å². The van der Waals surface area contributed by atoms with Gasteiger partial charge in [-0.05, 0) is 51.4 Å². The van der Waals surface area contributed by atoms with Crippen LogP contribution < -0.4 is 5.32 Å². The molecule has 1 amide bonds. The van der Waals surface area contributed by atoms with Gasteiger partial charge in [0.15, 0.2) is 0 Å². The number of hydrogen-bond donors (Lipinski definition) is 1. The Balaban J connectivity index is 1.50. The number of hydrogen-bond acceptors (Lipinski definition) is 5. The Hall–Kier alpha value is -3.32. The van der Waals surface area contributed by atoms with Crippen molar-refractivity contribution < 1.29 is 4.79 Å². The Bertz CT molecular complexity index is 1190. The first-order valence-electron chi connectivity index (χ1n) is 10.9. The number of nitrogens with one attached hydrogen (secondary N) is 1. The van der Waals surface area contributed by atoms with Crippen LogP contribution in [-0.4, -0.2) is 44.7 Å². The SMILES string of the molecule is CCc1nc(C)cn2nc(C3=CC(=O)N4C=C(C5CCNCC5)N=C/C4=C\C=C3)cc12. The highest BCUT2D eigenvalue weighted by Gasteiger charge is 2.24. The minimum Gasteiger partial charge on any atom is -0.317 e. The number of aromatic nitrogens is 3. The highest BCUT2D eigenvalue weighted by molar-refractivity contribution is 6.02. The first kappa shape index (κ1) is 19.6. The molecule has 1 saturated heterocycles. The summed E-state index contributed by atoms with van der Waals surface area (Å²) in [4.78, 5) is 24.2. The lowest BCUT2D eigenvalue weighted by Gasteiger charge is -2.28. The maximum absolute atomic E-state index is 13.2. The van der Waals surface area contributed by atoms with Crippen LogP contribution in [0.2, 0.25) is 0 Å². The standard InChI is InChI=1S/C24H26N6O/c1-3-20-23-12-21(28-30(23)14-16(2)27-20)18-5-4-6-19-13-26-22(15-29(19)24(31)11-18)17-7-9-25-10-8-17/h4-6,11-15,17,25H,3,7-10H2,1-2H3/b5-4?,18-11?,19-6+. The van der Waals surface area contributed by atoms with E-state index in [4.69, 9.17) is 5.10 Å². The van der Waals surface area contributed by atoms with Crippen molar-refractivity contribution >= 4 is 23.2 Å². The van der Waals surface area contributed by atoms with Crippen molar-refractivity contribution in [3.8, 4) is 0 Å². The average Bonchev–Trinajstić information content (AvgIpc) is 3.21. The molecule has 1 N–H and O–H groups in total. The smallest absolute Gasteiger partial charge is 0.255 e. The molecule has 0 aromatic carbocycles. The molecule has 2 aromatic heterocycles. The van der Waals surface area contributed by atoms with E-state index in [0.717, 1.165) is 71.9 Å². The Morgan fingerprint density at radius 2 is 2.10 bits per heavy atom. The van der Waals surface area contributed by atoms with Crippen molar-refractivity contribution in [2.45, 2.75) is 33.1 Å². The van der Waals surface area contributed by atoms with Crippen LogP contribution in [0.25, 0.3) is 11.1 Å². The third-order valence-corrected chi connectivity index (χ3v) is 5.98. The van der Waals surface area contributed by atoms with Crippen LogP contribution in [0.15, 0.2) is 59.2 Å². The van der Waals surface area contributed by atoms with Crippen molar-refractivity contribution in [1.82, 2.24) is 24.8 Å². The quantitative estimate of drug-likeness (QED) is 0.837. The zero-order chi connectivity index (χ0) is 21.4. The molecule has 2 aromatic rings. The van der Waals surface area contributed by atoms with Gasteiger partial charge in [0.1, 0.15) is 0 Å². The molecule has 0 atom stereocenters. The lowest BCUT2D eigenvalue weighted by atomic mass is 9.94. The second-order valence-corrected chi connectivity index (χ2v) is 8.14. The number of aryl methyl sites for hydroxylation is 2. The van der Waals surface area contributed by atoms with Crippen molar-refractivity contribution in [2.75, 3.05) is 13.1 Å². The molecular weight excluding hydrogens is 388 g/mol. The third-order valence-electron chi connectivity index (χ3n) is 5.98. The van der Waals surface area contributed by atoms with E-state index in [-0.39, 0.29) is 5.91 Å². The summed E-state index contributed by atoms with van der Waals surface area (Å²) >= 11 is 0. The Labute approximate surface area is 181 Å². The largest absolute Gasteiger partial charge is 0.317 e. The molecule has 7 heteroatoms. The number of carbonyl (C=O) groups is 1. The zero-order valence-electron chi connectivity index (χ0n) is 17.9. The monoisotopic (exact) mass is 414 g/mol. The van der Waals surface area contributed by atoms with E-state index >= 15 is 0 Å². The number of aliphatic imine (C=N–C) groups is 1. The molecule has 5 heterocycles. The maximum atomic E-state index is 13.2. The van der Waals surface area contributed by atoms with Gasteiger partial charge in [0.25, 0.3) is 5.91 Å². The van der Waals surface area contributed by atoms with Crippen LogP contribution in [-0.2, 0) is 11.2 Å². The zero-order valence-corrected chi connectivity index (χ0v) is 17.9. The first-order chi connectivity index (χ1) is 15.1. The molecule has 0 unspecified atom stereocenters. The van der Waals surface area contributed by atoms with Gasteiger partial charge >= 0.3 is 0 Å². The molecule has 0 saturated carbocycles. The molecule has 3 aliphatic heterocycles. The lowest BCUT2D eigenvalue weighted by molar-refractivity contribution is -0.121. The summed E-state index contributed by atoms with van der Waals surface area (Å²) in [6, 6.07) is 2.01. The fourth-order valence-corrected chi connectivity index (χ4v) is 4.33. The Morgan fingerprint density at radius 1 is 1.26 bits per heavy atom. The minimum atomic E-state index is -0.0924. The number of amides is 1. The number of nitrogens with zero attached hydrogens (tertiary/aromatic N) is 5. The van der Waals surface area contributed by atoms with Crippen LogP contribution in [0.5, 0.6) is 0 Å². The topological polar surface area (TPSA) is 74.9 Å². The predicted octanol–water partition coefficient (Wildman–Crippen LogP) is 3.19. The number of piperidine rings is 1. The van der Waals surface area contributed by atoms with Crippen molar-refractivity contribution in [1.29, 1.82) is 0 Å². The van der Waals surface area contributed by atoms with Crippen LogP contribution in [0.4, 0.5) is 0 Å². The summed E-state index contributed by atoms with van der Waals surface area (Å²) < 4.78 is 1.86. The van der Waals surface area contributed by atoms with Gasteiger partial charge in [0.05, 0.1) is 46.4 Å². The molecule has 31 heavy (non-hydrogen) atoms. The second kappa shape index (κ2) is 8.07. The predicted molar refractivity (Wildman–Crippen MR) is 121 cm³/mol. The third kappa shape index (κ3) is 3.77. The fraction of sp³-hybridized carbons (Fsp3) is 0.333. The number of fused-ring (bicyclic) bond motifs is 2. The van der Waals surface area contributed by atoms with Gasteiger partial charge in [-0.1, -0.05) is 19.1 Å². The summed E-state index contributed by atoms with van der Waals surface area (Å²) in [5, 5.41) is 8.10. The molecular formula is C24H26N6O. The minimum absolute atomic E-state index is 0.0924. The van der Waals surface area contributed by atoms with Crippen molar-refractivity contribution in [3.63, 3.8) is 0 Å². The van der Waals surface area contributed by atoms with Gasteiger partial charge in [-0.15, -0.1) is 0 Å².